The summed E-state index contributed by atoms with van der Waals surface area (Å²) in [6.45, 7) is 0.773. The minimum Gasteiger partial charge on any atom is -0.276 e. The maximum atomic E-state index is 12.1. The minimum atomic E-state index is -3.45. The van der Waals surface area contributed by atoms with E-state index in [0.29, 0.717) is 13.1 Å². The second-order valence-corrected chi connectivity index (χ2v) is 7.12. The average Bonchev–Trinajstić information content (AvgIpc) is 2.92. The number of hydrogen-bond acceptors (Lipinski definition) is 3. The fraction of sp³-hybridized carbons (Fsp3) is 0.400. The van der Waals surface area contributed by atoms with Gasteiger partial charge in [-0.15, -0.1) is 0 Å². The molecular formula is C15H22N4O2S. The number of nitrogens with one attached hydrogen (secondary N) is 1. The summed E-state index contributed by atoms with van der Waals surface area (Å²) in [6.07, 6.45) is 5.32. The Kier molecular flexibility index (Phi) is 5.70. The molecule has 1 N–H and O–H groups in total. The van der Waals surface area contributed by atoms with Gasteiger partial charge in [-0.05, 0) is 24.0 Å². The summed E-state index contributed by atoms with van der Waals surface area (Å²) in [5.74, 6) is 0. The number of aryl methyl sites for hydroxylation is 2. The van der Waals surface area contributed by atoms with Crippen LogP contribution in [-0.2, 0) is 30.2 Å². The molecule has 2 rings (SSSR count). The number of hydrogen-bond donors (Lipinski definition) is 1. The molecule has 0 atom stereocenters. The zero-order valence-electron chi connectivity index (χ0n) is 12.9. The maximum Gasteiger partial charge on any atom is 0.279 e. The van der Waals surface area contributed by atoms with Crippen molar-refractivity contribution in [1.29, 1.82) is 0 Å². The highest BCUT2D eigenvalue weighted by atomic mass is 32.2. The highest BCUT2D eigenvalue weighted by Gasteiger charge is 2.16. The molecule has 0 saturated carbocycles. The quantitative estimate of drug-likeness (QED) is 0.797. The molecule has 6 nitrogen and oxygen atoms in total. The van der Waals surface area contributed by atoms with E-state index in [-0.39, 0.29) is 0 Å². The van der Waals surface area contributed by atoms with E-state index < -0.39 is 10.2 Å². The van der Waals surface area contributed by atoms with Crippen molar-refractivity contribution in [2.45, 2.75) is 19.4 Å². The van der Waals surface area contributed by atoms with Crippen LogP contribution in [0.4, 0.5) is 0 Å². The van der Waals surface area contributed by atoms with E-state index >= 15 is 0 Å². The largest absolute Gasteiger partial charge is 0.279 e. The average molecular weight is 322 g/mol. The molecule has 0 aliphatic heterocycles. The molecule has 0 aliphatic carbocycles. The van der Waals surface area contributed by atoms with E-state index in [1.165, 1.54) is 4.31 Å². The molecule has 1 aromatic heterocycles. The Morgan fingerprint density at radius 3 is 2.59 bits per heavy atom. The zero-order valence-corrected chi connectivity index (χ0v) is 13.8. The monoisotopic (exact) mass is 322 g/mol. The number of rotatable bonds is 8. The first-order valence-electron chi connectivity index (χ1n) is 7.20. The van der Waals surface area contributed by atoms with E-state index in [0.717, 1.165) is 24.0 Å². The first-order valence-corrected chi connectivity index (χ1v) is 8.64. The predicted octanol–water partition coefficient (Wildman–Crippen LogP) is 1.32. The van der Waals surface area contributed by atoms with Crippen LogP contribution in [-0.4, -0.2) is 36.1 Å². The van der Waals surface area contributed by atoms with Crippen molar-refractivity contribution in [2.75, 3.05) is 13.6 Å². The third kappa shape index (κ3) is 4.94. The molecule has 1 aromatic carbocycles. The van der Waals surface area contributed by atoms with Crippen LogP contribution in [0.25, 0.3) is 0 Å². The predicted molar refractivity (Wildman–Crippen MR) is 86.4 cm³/mol. The van der Waals surface area contributed by atoms with Crippen molar-refractivity contribution in [1.82, 2.24) is 18.8 Å². The second kappa shape index (κ2) is 7.53. The molecule has 0 radical (unpaired) electrons. The van der Waals surface area contributed by atoms with Gasteiger partial charge in [0.1, 0.15) is 0 Å². The van der Waals surface area contributed by atoms with Crippen molar-refractivity contribution in [3.63, 3.8) is 0 Å². The molecule has 0 saturated heterocycles. The van der Waals surface area contributed by atoms with Crippen molar-refractivity contribution < 1.29 is 8.42 Å². The molecular weight excluding hydrogens is 300 g/mol. The van der Waals surface area contributed by atoms with Crippen LogP contribution in [0.5, 0.6) is 0 Å². The lowest BCUT2D eigenvalue weighted by Gasteiger charge is -2.17. The van der Waals surface area contributed by atoms with Gasteiger partial charge in [0.2, 0.25) is 0 Å². The highest BCUT2D eigenvalue weighted by molar-refractivity contribution is 7.87. The third-order valence-corrected chi connectivity index (χ3v) is 4.92. The van der Waals surface area contributed by atoms with Crippen LogP contribution in [0.15, 0.2) is 42.7 Å². The molecule has 0 fully saturated rings. The van der Waals surface area contributed by atoms with Gasteiger partial charge in [-0.1, -0.05) is 30.3 Å². The SMILES string of the molecule is CN(CCCc1cnn(C)c1)S(=O)(=O)NCc1ccccc1. The molecule has 0 unspecified atom stereocenters. The first-order chi connectivity index (χ1) is 10.5. The second-order valence-electron chi connectivity index (χ2n) is 5.26. The van der Waals surface area contributed by atoms with E-state index in [9.17, 15) is 8.42 Å². The van der Waals surface area contributed by atoms with E-state index in [1.54, 1.807) is 11.7 Å². The normalized spacial score (nSPS) is 12.0. The van der Waals surface area contributed by atoms with Gasteiger partial charge in [0.05, 0.1) is 6.20 Å². The zero-order chi connectivity index (χ0) is 16.0. The van der Waals surface area contributed by atoms with Gasteiger partial charge in [0, 0.05) is 33.4 Å². The van der Waals surface area contributed by atoms with E-state index in [2.05, 4.69) is 9.82 Å². The maximum absolute atomic E-state index is 12.1. The van der Waals surface area contributed by atoms with Gasteiger partial charge in [0.25, 0.3) is 10.2 Å². The summed E-state index contributed by atoms with van der Waals surface area (Å²) in [5, 5.41) is 4.10. The Hall–Kier alpha value is -1.70. The molecule has 0 aliphatic rings. The van der Waals surface area contributed by atoms with E-state index in [1.807, 2.05) is 49.8 Å². The molecule has 120 valence electrons. The van der Waals surface area contributed by atoms with Gasteiger partial charge in [0.15, 0.2) is 0 Å². The highest BCUT2D eigenvalue weighted by Crippen LogP contribution is 2.05. The molecule has 7 heteroatoms. The minimum absolute atomic E-state index is 0.302. The Morgan fingerprint density at radius 1 is 1.23 bits per heavy atom. The van der Waals surface area contributed by atoms with Gasteiger partial charge in [-0.2, -0.15) is 22.5 Å². The standard InChI is InChI=1S/C15H22N4O2S/c1-18-13-15(11-16-18)9-6-10-19(2)22(20,21)17-12-14-7-4-3-5-8-14/h3-5,7-8,11,13,17H,6,9-10,12H2,1-2H3. The summed E-state index contributed by atoms with van der Waals surface area (Å²) >= 11 is 0. The topological polar surface area (TPSA) is 67.2 Å². The summed E-state index contributed by atoms with van der Waals surface area (Å²) in [5.41, 5.74) is 2.06. The molecule has 0 amide bonds. The van der Waals surface area contributed by atoms with Crippen LogP contribution in [0.2, 0.25) is 0 Å². The lowest BCUT2D eigenvalue weighted by Crippen LogP contribution is -2.38. The summed E-state index contributed by atoms with van der Waals surface area (Å²) in [6, 6.07) is 9.47. The summed E-state index contributed by atoms with van der Waals surface area (Å²) in [7, 11) is 0.0173. The molecule has 1 heterocycles. The number of benzene rings is 1. The van der Waals surface area contributed by atoms with Crippen molar-refractivity contribution >= 4 is 10.2 Å². The van der Waals surface area contributed by atoms with Crippen molar-refractivity contribution in [3.8, 4) is 0 Å². The summed E-state index contributed by atoms with van der Waals surface area (Å²) < 4.78 is 30.0. The van der Waals surface area contributed by atoms with Crippen LogP contribution >= 0.6 is 0 Å². The Balaban J connectivity index is 1.78. The summed E-state index contributed by atoms with van der Waals surface area (Å²) in [4.78, 5) is 0. The first kappa shape index (κ1) is 16.7. The van der Waals surface area contributed by atoms with Gasteiger partial charge < -0.3 is 0 Å². The smallest absolute Gasteiger partial charge is 0.276 e. The van der Waals surface area contributed by atoms with Gasteiger partial charge in [-0.25, -0.2) is 0 Å². The van der Waals surface area contributed by atoms with Crippen molar-refractivity contribution in [3.05, 3.63) is 53.9 Å². The number of aromatic nitrogens is 2. The lowest BCUT2D eigenvalue weighted by atomic mass is 10.2. The molecule has 0 bridgehead atoms. The van der Waals surface area contributed by atoms with Crippen LogP contribution in [0.3, 0.4) is 0 Å². The Morgan fingerprint density at radius 2 is 1.95 bits per heavy atom. The van der Waals surface area contributed by atoms with Crippen molar-refractivity contribution in [2.24, 2.45) is 7.05 Å². The number of nitrogens with zero attached hydrogens (tertiary/aromatic N) is 3. The Bertz CT molecular complexity index is 683. The van der Waals surface area contributed by atoms with Gasteiger partial charge in [-0.3, -0.25) is 4.68 Å². The lowest BCUT2D eigenvalue weighted by molar-refractivity contribution is 0.450. The van der Waals surface area contributed by atoms with Gasteiger partial charge >= 0.3 is 0 Å². The Labute approximate surface area is 131 Å². The van der Waals surface area contributed by atoms with Crippen LogP contribution < -0.4 is 4.72 Å². The van der Waals surface area contributed by atoms with Crippen LogP contribution in [0, 0.1) is 0 Å². The van der Waals surface area contributed by atoms with Crippen LogP contribution in [0.1, 0.15) is 17.5 Å². The fourth-order valence-electron chi connectivity index (χ4n) is 2.11. The molecule has 2 aromatic rings. The van der Waals surface area contributed by atoms with E-state index in [4.69, 9.17) is 0 Å². The molecule has 22 heavy (non-hydrogen) atoms. The molecule has 0 spiro atoms. The third-order valence-electron chi connectivity index (χ3n) is 3.41. The fourth-order valence-corrected chi connectivity index (χ4v) is 3.05.